The van der Waals surface area contributed by atoms with E-state index < -0.39 is 0 Å². The Balaban J connectivity index is 1.71. The standard InChI is InChI=1S/C27H27N3O2S/c1-3-28-23-15-14-22(19(2)31)17-24(23)29-27-30(18-21-12-8-5-9-13-21)26(32)25(33-27)16-20-10-6-4-7-11-20/h4-15,17,25,28H,3,16,18H2,1-2H3/b29-27+. The van der Waals surface area contributed by atoms with Crippen LogP contribution in [-0.4, -0.2) is 33.6 Å². The molecule has 1 unspecified atom stereocenters. The van der Waals surface area contributed by atoms with E-state index >= 15 is 0 Å². The van der Waals surface area contributed by atoms with Gasteiger partial charge in [-0.05, 0) is 49.6 Å². The first-order valence-electron chi connectivity index (χ1n) is 11.1. The molecule has 1 fully saturated rings. The van der Waals surface area contributed by atoms with E-state index in [0.717, 1.165) is 23.4 Å². The van der Waals surface area contributed by atoms with Gasteiger partial charge in [0.15, 0.2) is 11.0 Å². The molecule has 0 bridgehead atoms. The molecule has 1 atom stereocenters. The van der Waals surface area contributed by atoms with Crippen LogP contribution in [-0.2, 0) is 17.8 Å². The van der Waals surface area contributed by atoms with E-state index in [9.17, 15) is 9.59 Å². The number of carbonyl (C=O) groups is 2. The Kier molecular flexibility index (Phi) is 7.25. The summed E-state index contributed by atoms with van der Waals surface area (Å²) in [4.78, 5) is 32.1. The van der Waals surface area contributed by atoms with Crippen LogP contribution in [0.4, 0.5) is 11.4 Å². The molecule has 1 aliphatic rings. The Morgan fingerprint density at radius 1 is 1.00 bits per heavy atom. The van der Waals surface area contributed by atoms with Gasteiger partial charge in [-0.25, -0.2) is 4.99 Å². The van der Waals surface area contributed by atoms with Crippen molar-refractivity contribution >= 4 is 40.0 Å². The molecule has 1 saturated heterocycles. The second-order valence-corrected chi connectivity index (χ2v) is 9.09. The molecule has 33 heavy (non-hydrogen) atoms. The van der Waals surface area contributed by atoms with Gasteiger partial charge in [0.2, 0.25) is 5.91 Å². The van der Waals surface area contributed by atoms with Crippen molar-refractivity contribution in [3.8, 4) is 0 Å². The minimum Gasteiger partial charge on any atom is -0.384 e. The van der Waals surface area contributed by atoms with E-state index in [-0.39, 0.29) is 16.9 Å². The van der Waals surface area contributed by atoms with Crippen LogP contribution in [0.2, 0.25) is 0 Å². The maximum absolute atomic E-state index is 13.5. The third-order valence-electron chi connectivity index (χ3n) is 5.46. The van der Waals surface area contributed by atoms with Crippen molar-refractivity contribution in [3.05, 3.63) is 95.6 Å². The lowest BCUT2D eigenvalue weighted by molar-refractivity contribution is -0.126. The van der Waals surface area contributed by atoms with Crippen LogP contribution < -0.4 is 5.32 Å². The van der Waals surface area contributed by atoms with E-state index in [1.807, 2.05) is 73.7 Å². The van der Waals surface area contributed by atoms with E-state index in [4.69, 9.17) is 4.99 Å². The molecule has 3 aromatic rings. The van der Waals surface area contributed by atoms with E-state index in [0.29, 0.717) is 29.4 Å². The normalized spacial score (nSPS) is 16.9. The first kappa shape index (κ1) is 22.8. The lowest BCUT2D eigenvalue weighted by atomic mass is 10.1. The number of amides is 1. The Morgan fingerprint density at radius 3 is 2.30 bits per heavy atom. The molecule has 0 aliphatic carbocycles. The number of amidine groups is 1. The summed E-state index contributed by atoms with van der Waals surface area (Å²) in [6.45, 7) is 4.75. The van der Waals surface area contributed by atoms with Crippen LogP contribution in [0, 0.1) is 0 Å². The van der Waals surface area contributed by atoms with Gasteiger partial charge in [0.05, 0.1) is 23.2 Å². The maximum Gasteiger partial charge on any atom is 0.242 e. The molecule has 0 radical (unpaired) electrons. The van der Waals surface area contributed by atoms with Crippen LogP contribution in [0.5, 0.6) is 0 Å². The molecular weight excluding hydrogens is 430 g/mol. The SMILES string of the molecule is CCNc1ccc(C(C)=O)cc1/N=C1/SC(Cc2ccccc2)C(=O)N1Cc1ccccc1. The van der Waals surface area contributed by atoms with E-state index in [1.54, 1.807) is 24.0 Å². The van der Waals surface area contributed by atoms with Crippen LogP contribution in [0.15, 0.2) is 83.9 Å². The van der Waals surface area contributed by atoms with Crippen LogP contribution in [0.25, 0.3) is 0 Å². The molecule has 0 aromatic heterocycles. The number of hydrogen-bond acceptors (Lipinski definition) is 5. The predicted molar refractivity (Wildman–Crippen MR) is 136 cm³/mol. The summed E-state index contributed by atoms with van der Waals surface area (Å²) in [7, 11) is 0. The van der Waals surface area contributed by atoms with Crippen molar-refractivity contribution < 1.29 is 9.59 Å². The Bertz CT molecular complexity index is 1160. The molecule has 0 saturated carbocycles. The zero-order valence-electron chi connectivity index (χ0n) is 18.8. The highest BCUT2D eigenvalue weighted by Gasteiger charge is 2.38. The number of benzene rings is 3. The number of aliphatic imine (C=N–C) groups is 1. The van der Waals surface area contributed by atoms with Crippen molar-refractivity contribution in [2.45, 2.75) is 32.1 Å². The summed E-state index contributed by atoms with van der Waals surface area (Å²) in [5, 5.41) is 3.73. The van der Waals surface area contributed by atoms with Gasteiger partial charge in [0.25, 0.3) is 0 Å². The van der Waals surface area contributed by atoms with Crippen molar-refractivity contribution in [3.63, 3.8) is 0 Å². The average molecular weight is 458 g/mol. The fourth-order valence-electron chi connectivity index (χ4n) is 3.75. The van der Waals surface area contributed by atoms with Gasteiger partial charge in [-0.1, -0.05) is 72.4 Å². The zero-order chi connectivity index (χ0) is 23.2. The Hall–Kier alpha value is -3.38. The molecule has 1 amide bonds. The largest absolute Gasteiger partial charge is 0.384 e. The smallest absolute Gasteiger partial charge is 0.242 e. The monoisotopic (exact) mass is 457 g/mol. The zero-order valence-corrected chi connectivity index (χ0v) is 19.6. The first-order chi connectivity index (χ1) is 16.0. The third kappa shape index (κ3) is 5.52. The quantitative estimate of drug-likeness (QED) is 0.441. The van der Waals surface area contributed by atoms with Gasteiger partial charge in [-0.3, -0.25) is 14.5 Å². The van der Waals surface area contributed by atoms with Gasteiger partial charge in [-0.15, -0.1) is 0 Å². The maximum atomic E-state index is 13.5. The van der Waals surface area contributed by atoms with Gasteiger partial charge < -0.3 is 5.32 Å². The average Bonchev–Trinajstić information content (AvgIpc) is 3.10. The Morgan fingerprint density at radius 2 is 1.67 bits per heavy atom. The first-order valence-corrected chi connectivity index (χ1v) is 12.0. The van der Waals surface area contributed by atoms with Crippen molar-refractivity contribution in [1.82, 2.24) is 4.90 Å². The lowest BCUT2D eigenvalue weighted by Crippen LogP contribution is -2.32. The lowest BCUT2D eigenvalue weighted by Gasteiger charge is -2.17. The van der Waals surface area contributed by atoms with E-state index in [2.05, 4.69) is 5.32 Å². The summed E-state index contributed by atoms with van der Waals surface area (Å²) in [5.41, 5.74) is 4.27. The summed E-state index contributed by atoms with van der Waals surface area (Å²) >= 11 is 1.49. The molecular formula is C27H27N3O2S. The molecule has 168 valence electrons. The number of nitrogens with zero attached hydrogens (tertiary/aromatic N) is 2. The minimum atomic E-state index is -0.242. The molecule has 1 heterocycles. The molecule has 0 spiro atoms. The number of hydrogen-bond donors (Lipinski definition) is 1. The summed E-state index contributed by atoms with van der Waals surface area (Å²) in [6, 6.07) is 25.5. The molecule has 4 rings (SSSR count). The highest BCUT2D eigenvalue weighted by molar-refractivity contribution is 8.15. The predicted octanol–water partition coefficient (Wildman–Crippen LogP) is 5.70. The third-order valence-corrected chi connectivity index (χ3v) is 6.63. The fraction of sp³-hybridized carbons (Fsp3) is 0.222. The van der Waals surface area contributed by atoms with Gasteiger partial charge in [0.1, 0.15) is 0 Å². The highest BCUT2D eigenvalue weighted by Crippen LogP contribution is 2.35. The number of ketones is 1. The van der Waals surface area contributed by atoms with Gasteiger partial charge >= 0.3 is 0 Å². The molecule has 3 aromatic carbocycles. The van der Waals surface area contributed by atoms with E-state index in [1.165, 1.54) is 11.8 Å². The highest BCUT2D eigenvalue weighted by atomic mass is 32.2. The molecule has 1 N–H and O–H groups in total. The molecule has 5 nitrogen and oxygen atoms in total. The van der Waals surface area contributed by atoms with Gasteiger partial charge in [0, 0.05) is 12.1 Å². The number of rotatable bonds is 8. The topological polar surface area (TPSA) is 61.8 Å². The van der Waals surface area contributed by atoms with Crippen LogP contribution in [0.1, 0.15) is 35.3 Å². The number of thioether (sulfide) groups is 1. The molecule has 6 heteroatoms. The second kappa shape index (κ2) is 10.5. The second-order valence-electron chi connectivity index (χ2n) is 7.92. The number of carbonyl (C=O) groups excluding carboxylic acids is 2. The number of nitrogens with one attached hydrogen (secondary N) is 1. The van der Waals surface area contributed by atoms with Crippen molar-refractivity contribution in [2.24, 2.45) is 4.99 Å². The van der Waals surface area contributed by atoms with Crippen molar-refractivity contribution in [1.29, 1.82) is 0 Å². The summed E-state index contributed by atoms with van der Waals surface area (Å²) in [6.07, 6.45) is 0.641. The van der Waals surface area contributed by atoms with Crippen LogP contribution in [0.3, 0.4) is 0 Å². The molecule has 1 aliphatic heterocycles. The minimum absolute atomic E-state index is 0.0160. The van der Waals surface area contributed by atoms with Crippen molar-refractivity contribution in [2.75, 3.05) is 11.9 Å². The number of anilines is 1. The summed E-state index contributed by atoms with van der Waals surface area (Å²) < 4.78 is 0. The fourth-order valence-corrected chi connectivity index (χ4v) is 4.94. The van der Waals surface area contributed by atoms with Crippen LogP contribution >= 0.6 is 11.8 Å². The Labute approximate surface area is 198 Å². The summed E-state index contributed by atoms with van der Waals surface area (Å²) in [5.74, 6) is 0.0388. The number of Topliss-reactive ketones (excluding diaryl/α,β-unsaturated/α-hetero) is 1. The van der Waals surface area contributed by atoms with Gasteiger partial charge in [-0.2, -0.15) is 0 Å².